The number of esters is 1. The highest BCUT2D eigenvalue weighted by atomic mass is 79.9. The van der Waals surface area contributed by atoms with Crippen LogP contribution in [-0.4, -0.2) is 57.2 Å². The fourth-order valence-electron chi connectivity index (χ4n) is 2.34. The number of hydrogen-bond acceptors (Lipinski definition) is 5. The van der Waals surface area contributed by atoms with E-state index in [9.17, 15) is 22.4 Å². The minimum absolute atomic E-state index is 0.00536. The summed E-state index contributed by atoms with van der Waals surface area (Å²) >= 11 is 3.16. The Morgan fingerprint density at radius 3 is 2.41 bits per heavy atom. The van der Waals surface area contributed by atoms with Crippen LogP contribution in [0.5, 0.6) is 0 Å². The summed E-state index contributed by atoms with van der Waals surface area (Å²) in [6, 6.07) is 9.82. The second-order valence-corrected chi connectivity index (χ2v) is 9.36. The normalized spacial score (nSPS) is 11.4. The molecule has 0 aromatic heterocycles. The van der Waals surface area contributed by atoms with E-state index in [0.717, 1.165) is 4.31 Å². The number of nitrogens with zero attached hydrogens (tertiary/aromatic N) is 2. The fraction of sp³-hybridized carbons (Fsp3) is 0.263. The van der Waals surface area contributed by atoms with E-state index in [2.05, 4.69) is 15.9 Å². The average Bonchev–Trinajstić information content (AvgIpc) is 2.65. The van der Waals surface area contributed by atoms with Gasteiger partial charge in [-0.15, -0.1) is 0 Å². The van der Waals surface area contributed by atoms with Gasteiger partial charge in [-0.05, 0) is 51.8 Å². The molecule has 156 valence electrons. The van der Waals surface area contributed by atoms with Gasteiger partial charge in [-0.25, -0.2) is 21.9 Å². The van der Waals surface area contributed by atoms with Crippen LogP contribution in [0.2, 0.25) is 0 Å². The highest BCUT2D eigenvalue weighted by Gasteiger charge is 2.23. The maximum Gasteiger partial charge on any atom is 0.338 e. The Balaban J connectivity index is 2.04. The van der Waals surface area contributed by atoms with Gasteiger partial charge in [0, 0.05) is 32.2 Å². The van der Waals surface area contributed by atoms with Crippen molar-refractivity contribution in [3.8, 4) is 0 Å². The highest BCUT2D eigenvalue weighted by molar-refractivity contribution is 9.10. The minimum atomic E-state index is -3.77. The molecule has 0 radical (unpaired) electrons. The molecule has 7 nitrogen and oxygen atoms in total. The molecule has 0 heterocycles. The Kier molecular flexibility index (Phi) is 7.50. The maximum atomic E-state index is 13.2. The molecule has 0 unspecified atom stereocenters. The summed E-state index contributed by atoms with van der Waals surface area (Å²) in [5.41, 5.74) is 0.591. The van der Waals surface area contributed by atoms with Gasteiger partial charge < -0.3 is 9.64 Å². The smallest absolute Gasteiger partial charge is 0.338 e. The number of likely N-dealkylation sites (N-methyl/N-ethyl adjacent to an activating group) is 1. The lowest BCUT2D eigenvalue weighted by Gasteiger charge is -2.17. The number of hydrogen-bond donors (Lipinski definition) is 0. The van der Waals surface area contributed by atoms with E-state index in [1.807, 2.05) is 0 Å². The summed E-state index contributed by atoms with van der Waals surface area (Å²) < 4.78 is 44.2. The zero-order valence-electron chi connectivity index (χ0n) is 16.1. The summed E-state index contributed by atoms with van der Waals surface area (Å²) in [5, 5.41) is 0. The van der Waals surface area contributed by atoms with Gasteiger partial charge >= 0.3 is 5.97 Å². The van der Waals surface area contributed by atoms with E-state index < -0.39 is 34.3 Å². The molecule has 2 aromatic carbocycles. The molecular weight excluding hydrogens is 467 g/mol. The summed E-state index contributed by atoms with van der Waals surface area (Å²) in [5.74, 6) is -1.73. The van der Waals surface area contributed by atoms with Crippen LogP contribution in [0.3, 0.4) is 0 Å². The van der Waals surface area contributed by atoms with Crippen LogP contribution in [0.25, 0.3) is 0 Å². The van der Waals surface area contributed by atoms with Crippen LogP contribution in [-0.2, 0) is 26.1 Å². The van der Waals surface area contributed by atoms with Crippen molar-refractivity contribution in [3.63, 3.8) is 0 Å². The second kappa shape index (κ2) is 9.47. The van der Waals surface area contributed by atoms with Gasteiger partial charge in [-0.1, -0.05) is 12.1 Å². The van der Waals surface area contributed by atoms with E-state index >= 15 is 0 Å². The predicted octanol–water partition coefficient (Wildman–Crippen LogP) is 2.65. The van der Waals surface area contributed by atoms with Crippen LogP contribution in [0.1, 0.15) is 15.9 Å². The van der Waals surface area contributed by atoms with Crippen molar-refractivity contribution in [2.24, 2.45) is 0 Å². The first-order valence-corrected chi connectivity index (χ1v) is 10.6. The zero-order valence-corrected chi connectivity index (χ0v) is 18.5. The molecule has 0 saturated carbocycles. The molecule has 10 heteroatoms. The third kappa shape index (κ3) is 5.84. The van der Waals surface area contributed by atoms with Crippen LogP contribution in [0.15, 0.2) is 51.8 Å². The van der Waals surface area contributed by atoms with Crippen molar-refractivity contribution in [3.05, 3.63) is 63.9 Å². The zero-order chi connectivity index (χ0) is 21.8. The van der Waals surface area contributed by atoms with Gasteiger partial charge in [0.25, 0.3) is 5.91 Å². The molecule has 2 aromatic rings. The molecule has 0 aliphatic rings. The summed E-state index contributed by atoms with van der Waals surface area (Å²) in [6.45, 7) is -0.381. The van der Waals surface area contributed by atoms with E-state index in [0.29, 0.717) is 10.0 Å². The van der Waals surface area contributed by atoms with Gasteiger partial charge in [0.05, 0.1) is 10.5 Å². The van der Waals surface area contributed by atoms with Gasteiger partial charge in [0.15, 0.2) is 6.61 Å². The molecule has 0 spiro atoms. The standard InChI is InChI=1S/C19H20BrFN2O5S/c1-22(2)29(26,27)17-10-14(7-8-16(17)20)19(25)28-12-18(24)23(3)11-13-5-4-6-15(21)9-13/h4-10H,11-12H2,1-3H3. The lowest BCUT2D eigenvalue weighted by molar-refractivity contribution is -0.133. The molecular formula is C19H20BrFN2O5S. The summed E-state index contributed by atoms with van der Waals surface area (Å²) in [6.07, 6.45) is 0. The first-order valence-electron chi connectivity index (χ1n) is 8.40. The number of ether oxygens (including phenoxy) is 1. The van der Waals surface area contributed by atoms with Gasteiger partial charge in [-0.3, -0.25) is 4.79 Å². The number of benzene rings is 2. The largest absolute Gasteiger partial charge is 0.452 e. The summed E-state index contributed by atoms with van der Waals surface area (Å²) in [7, 11) is 0.479. The molecule has 2 rings (SSSR count). The Labute approximate surface area is 177 Å². The first kappa shape index (κ1) is 23.0. The number of sulfonamides is 1. The quantitative estimate of drug-likeness (QED) is 0.561. The molecule has 29 heavy (non-hydrogen) atoms. The molecule has 0 fully saturated rings. The number of halogens is 2. The van der Waals surface area contributed by atoms with Crippen LogP contribution in [0, 0.1) is 5.82 Å². The van der Waals surface area contributed by atoms with Gasteiger partial charge in [0.1, 0.15) is 5.82 Å². The third-order valence-corrected chi connectivity index (χ3v) is 6.80. The molecule has 0 saturated heterocycles. The van der Waals surface area contributed by atoms with Crippen LogP contribution >= 0.6 is 15.9 Å². The Hall–Kier alpha value is -2.30. The fourth-order valence-corrected chi connectivity index (χ4v) is 4.19. The van der Waals surface area contributed by atoms with E-state index in [4.69, 9.17) is 4.74 Å². The Morgan fingerprint density at radius 2 is 1.79 bits per heavy atom. The van der Waals surface area contributed by atoms with Crippen molar-refractivity contribution in [2.45, 2.75) is 11.4 Å². The van der Waals surface area contributed by atoms with Gasteiger partial charge in [0.2, 0.25) is 10.0 Å². The SMILES string of the molecule is CN(Cc1cccc(F)c1)C(=O)COC(=O)c1ccc(Br)c(S(=O)(=O)N(C)C)c1. The topological polar surface area (TPSA) is 84.0 Å². The van der Waals surface area contributed by atoms with Crippen molar-refractivity contribution in [1.29, 1.82) is 0 Å². The third-order valence-electron chi connectivity index (χ3n) is 3.99. The van der Waals surface area contributed by atoms with Crippen LogP contribution < -0.4 is 0 Å². The second-order valence-electron chi connectivity index (χ2n) is 6.39. The first-order chi connectivity index (χ1) is 13.5. The number of rotatable bonds is 7. The lowest BCUT2D eigenvalue weighted by atomic mass is 10.2. The van der Waals surface area contributed by atoms with Gasteiger partial charge in [-0.2, -0.15) is 0 Å². The number of amides is 1. The molecule has 0 aliphatic heterocycles. The maximum absolute atomic E-state index is 13.2. The minimum Gasteiger partial charge on any atom is -0.452 e. The Bertz CT molecular complexity index is 1030. The van der Waals surface area contributed by atoms with E-state index in [1.54, 1.807) is 6.07 Å². The lowest BCUT2D eigenvalue weighted by Crippen LogP contribution is -2.31. The van der Waals surface area contributed by atoms with Crippen molar-refractivity contribution in [1.82, 2.24) is 9.21 Å². The number of carbonyl (C=O) groups is 2. The van der Waals surface area contributed by atoms with Crippen molar-refractivity contribution < 1.29 is 27.1 Å². The molecule has 0 bridgehead atoms. The van der Waals surface area contributed by atoms with E-state index in [-0.39, 0.29) is 17.0 Å². The Morgan fingerprint density at radius 1 is 1.10 bits per heavy atom. The van der Waals surface area contributed by atoms with Crippen molar-refractivity contribution in [2.75, 3.05) is 27.7 Å². The number of carbonyl (C=O) groups excluding carboxylic acids is 2. The molecule has 0 atom stereocenters. The highest BCUT2D eigenvalue weighted by Crippen LogP contribution is 2.25. The molecule has 0 aliphatic carbocycles. The molecule has 1 amide bonds. The average molecular weight is 487 g/mol. The predicted molar refractivity (Wildman–Crippen MR) is 108 cm³/mol. The molecule has 0 N–H and O–H groups in total. The van der Waals surface area contributed by atoms with E-state index in [1.165, 1.54) is 62.4 Å². The van der Waals surface area contributed by atoms with Crippen LogP contribution in [0.4, 0.5) is 4.39 Å². The monoisotopic (exact) mass is 486 g/mol. The summed E-state index contributed by atoms with van der Waals surface area (Å²) in [4.78, 5) is 25.7. The van der Waals surface area contributed by atoms with Crippen molar-refractivity contribution >= 4 is 37.8 Å².